The van der Waals surface area contributed by atoms with Crippen molar-refractivity contribution in [2.45, 2.75) is 32.2 Å². The van der Waals surface area contributed by atoms with Gasteiger partial charge in [-0.1, -0.05) is 67.6 Å². The summed E-state index contributed by atoms with van der Waals surface area (Å²) in [5, 5.41) is 0. The highest BCUT2D eigenvalue weighted by atomic mass is 15.0. The Balaban J connectivity index is 1.95. The molecule has 1 aromatic heterocycles. The molecule has 3 aromatic rings. The van der Waals surface area contributed by atoms with Crippen molar-refractivity contribution in [3.05, 3.63) is 90.0 Å². The molecular weight excluding hydrogens is 268 g/mol. The van der Waals surface area contributed by atoms with Gasteiger partial charge in [0.05, 0.1) is 0 Å². The molecule has 0 aliphatic heterocycles. The number of benzene rings is 2. The molecule has 0 aliphatic carbocycles. The molecule has 2 heteroatoms. The summed E-state index contributed by atoms with van der Waals surface area (Å²) in [7, 11) is 0. The SMILES string of the molecule is Cc1nccn1CCC(C)(c1ccccc1)c1ccccc1. The first-order valence-corrected chi connectivity index (χ1v) is 7.79. The number of aromatic nitrogens is 2. The molecule has 0 atom stereocenters. The van der Waals surface area contributed by atoms with Gasteiger partial charge in [-0.05, 0) is 24.5 Å². The van der Waals surface area contributed by atoms with E-state index in [-0.39, 0.29) is 5.41 Å². The van der Waals surface area contributed by atoms with E-state index < -0.39 is 0 Å². The lowest BCUT2D eigenvalue weighted by Gasteiger charge is -2.31. The maximum atomic E-state index is 4.33. The summed E-state index contributed by atoms with van der Waals surface area (Å²) in [6.45, 7) is 5.36. The van der Waals surface area contributed by atoms with Gasteiger partial charge in [-0.2, -0.15) is 0 Å². The minimum absolute atomic E-state index is 0.000764. The van der Waals surface area contributed by atoms with Crippen molar-refractivity contribution in [2.24, 2.45) is 0 Å². The lowest BCUT2D eigenvalue weighted by molar-refractivity contribution is 0.464. The van der Waals surface area contributed by atoms with Crippen LogP contribution < -0.4 is 0 Å². The number of hydrogen-bond acceptors (Lipinski definition) is 1. The van der Waals surface area contributed by atoms with Gasteiger partial charge in [-0.25, -0.2) is 4.98 Å². The van der Waals surface area contributed by atoms with Crippen LogP contribution >= 0.6 is 0 Å². The van der Waals surface area contributed by atoms with Gasteiger partial charge >= 0.3 is 0 Å². The van der Waals surface area contributed by atoms with Gasteiger partial charge in [0.25, 0.3) is 0 Å². The van der Waals surface area contributed by atoms with Crippen LogP contribution in [0.4, 0.5) is 0 Å². The summed E-state index contributed by atoms with van der Waals surface area (Å²) >= 11 is 0. The molecule has 0 spiro atoms. The van der Waals surface area contributed by atoms with Gasteiger partial charge in [-0.3, -0.25) is 0 Å². The van der Waals surface area contributed by atoms with Gasteiger partial charge in [0.1, 0.15) is 5.82 Å². The summed E-state index contributed by atoms with van der Waals surface area (Å²) in [4.78, 5) is 4.33. The van der Waals surface area contributed by atoms with Crippen LogP contribution in [0, 0.1) is 6.92 Å². The second-order valence-electron chi connectivity index (χ2n) is 5.98. The molecule has 112 valence electrons. The Morgan fingerprint density at radius 3 is 1.91 bits per heavy atom. The van der Waals surface area contributed by atoms with E-state index in [1.165, 1.54) is 11.1 Å². The lowest BCUT2D eigenvalue weighted by atomic mass is 9.74. The van der Waals surface area contributed by atoms with E-state index in [0.717, 1.165) is 18.8 Å². The highest BCUT2D eigenvalue weighted by Gasteiger charge is 2.28. The first-order valence-electron chi connectivity index (χ1n) is 7.79. The molecular formula is C20H22N2. The largest absolute Gasteiger partial charge is 0.335 e. The zero-order valence-electron chi connectivity index (χ0n) is 13.2. The molecule has 0 fully saturated rings. The molecule has 0 radical (unpaired) electrons. The molecule has 0 bridgehead atoms. The van der Waals surface area contributed by atoms with Crippen molar-refractivity contribution in [1.29, 1.82) is 0 Å². The Kier molecular flexibility index (Phi) is 4.10. The number of imidazole rings is 1. The van der Waals surface area contributed by atoms with E-state index in [2.05, 4.69) is 90.3 Å². The van der Waals surface area contributed by atoms with Crippen LogP contribution in [0.25, 0.3) is 0 Å². The number of aryl methyl sites for hydroxylation is 2. The fourth-order valence-corrected chi connectivity index (χ4v) is 3.05. The minimum atomic E-state index is -0.000764. The van der Waals surface area contributed by atoms with E-state index in [1.807, 2.05) is 6.20 Å². The Morgan fingerprint density at radius 1 is 0.909 bits per heavy atom. The van der Waals surface area contributed by atoms with E-state index in [4.69, 9.17) is 0 Å². The topological polar surface area (TPSA) is 17.8 Å². The quantitative estimate of drug-likeness (QED) is 0.672. The fraction of sp³-hybridized carbons (Fsp3) is 0.250. The maximum absolute atomic E-state index is 4.33. The summed E-state index contributed by atoms with van der Waals surface area (Å²) in [6, 6.07) is 21.6. The summed E-state index contributed by atoms with van der Waals surface area (Å²) in [5.41, 5.74) is 2.72. The molecule has 0 N–H and O–H groups in total. The van der Waals surface area contributed by atoms with Gasteiger partial charge < -0.3 is 4.57 Å². The summed E-state index contributed by atoms with van der Waals surface area (Å²) in [6.07, 6.45) is 4.97. The third-order valence-electron chi connectivity index (χ3n) is 4.60. The zero-order valence-corrected chi connectivity index (χ0v) is 13.2. The smallest absolute Gasteiger partial charge is 0.105 e. The fourth-order valence-electron chi connectivity index (χ4n) is 3.05. The van der Waals surface area contributed by atoms with Crippen molar-refractivity contribution in [2.75, 3.05) is 0 Å². The first-order chi connectivity index (χ1) is 10.7. The Labute approximate surface area is 132 Å². The lowest BCUT2D eigenvalue weighted by Crippen LogP contribution is -2.25. The van der Waals surface area contributed by atoms with Crippen molar-refractivity contribution >= 4 is 0 Å². The molecule has 0 unspecified atom stereocenters. The monoisotopic (exact) mass is 290 g/mol. The van der Waals surface area contributed by atoms with Gasteiger partial charge in [0.15, 0.2) is 0 Å². The van der Waals surface area contributed by atoms with E-state index in [0.29, 0.717) is 0 Å². The number of rotatable bonds is 5. The molecule has 0 aliphatic rings. The van der Waals surface area contributed by atoms with Crippen LogP contribution in [-0.4, -0.2) is 9.55 Å². The Morgan fingerprint density at radius 2 is 1.45 bits per heavy atom. The van der Waals surface area contributed by atoms with Crippen LogP contribution in [0.1, 0.15) is 30.3 Å². The third kappa shape index (κ3) is 2.82. The number of nitrogens with zero attached hydrogens (tertiary/aromatic N) is 2. The van der Waals surface area contributed by atoms with E-state index >= 15 is 0 Å². The van der Waals surface area contributed by atoms with Crippen LogP contribution in [0.15, 0.2) is 73.1 Å². The Bertz CT molecular complexity index is 674. The van der Waals surface area contributed by atoms with Crippen molar-refractivity contribution < 1.29 is 0 Å². The van der Waals surface area contributed by atoms with Crippen LogP contribution in [0.5, 0.6) is 0 Å². The van der Waals surface area contributed by atoms with E-state index in [1.54, 1.807) is 0 Å². The average Bonchev–Trinajstić information content (AvgIpc) is 2.99. The van der Waals surface area contributed by atoms with E-state index in [9.17, 15) is 0 Å². The molecule has 0 saturated heterocycles. The normalized spacial score (nSPS) is 11.5. The molecule has 0 saturated carbocycles. The standard InChI is InChI=1S/C20H22N2/c1-17-21-14-16-22(17)15-13-20(2,18-9-5-3-6-10-18)19-11-7-4-8-12-19/h3-12,14,16H,13,15H2,1-2H3. The molecule has 3 rings (SSSR count). The third-order valence-corrected chi connectivity index (χ3v) is 4.60. The van der Waals surface area contributed by atoms with Crippen molar-refractivity contribution in [3.8, 4) is 0 Å². The predicted molar refractivity (Wildman–Crippen MR) is 90.9 cm³/mol. The second kappa shape index (κ2) is 6.18. The van der Waals surface area contributed by atoms with Gasteiger partial charge in [0, 0.05) is 24.4 Å². The maximum Gasteiger partial charge on any atom is 0.105 e. The molecule has 2 aromatic carbocycles. The average molecular weight is 290 g/mol. The minimum Gasteiger partial charge on any atom is -0.335 e. The van der Waals surface area contributed by atoms with Gasteiger partial charge in [-0.15, -0.1) is 0 Å². The van der Waals surface area contributed by atoms with Crippen LogP contribution in [0.2, 0.25) is 0 Å². The first kappa shape index (κ1) is 14.6. The van der Waals surface area contributed by atoms with Crippen molar-refractivity contribution in [1.82, 2.24) is 9.55 Å². The zero-order chi connectivity index (χ0) is 15.4. The molecule has 1 heterocycles. The highest BCUT2D eigenvalue weighted by Crippen LogP contribution is 2.35. The highest BCUT2D eigenvalue weighted by molar-refractivity contribution is 5.38. The van der Waals surface area contributed by atoms with Crippen LogP contribution in [-0.2, 0) is 12.0 Å². The Hall–Kier alpha value is -2.35. The van der Waals surface area contributed by atoms with Crippen molar-refractivity contribution in [3.63, 3.8) is 0 Å². The summed E-state index contributed by atoms with van der Waals surface area (Å²) < 4.78 is 2.23. The molecule has 0 amide bonds. The van der Waals surface area contributed by atoms with Crippen LogP contribution in [0.3, 0.4) is 0 Å². The second-order valence-corrected chi connectivity index (χ2v) is 5.98. The predicted octanol–water partition coefficient (Wildman–Crippen LogP) is 4.59. The number of hydrogen-bond donors (Lipinski definition) is 0. The summed E-state index contributed by atoms with van der Waals surface area (Å²) in [5.74, 6) is 1.07. The van der Waals surface area contributed by atoms with Gasteiger partial charge in [0.2, 0.25) is 0 Å². The molecule has 2 nitrogen and oxygen atoms in total. The molecule has 22 heavy (non-hydrogen) atoms.